The van der Waals surface area contributed by atoms with Crippen LogP contribution in [0.4, 0.5) is 0 Å². The molecule has 0 radical (unpaired) electrons. The molecule has 1 amide bonds. The number of aryl methyl sites for hydroxylation is 1. The smallest absolute Gasteiger partial charge is 0.345 e. The van der Waals surface area contributed by atoms with E-state index >= 15 is 0 Å². The summed E-state index contributed by atoms with van der Waals surface area (Å²) in [6.45, 7) is 4.93. The van der Waals surface area contributed by atoms with E-state index in [1.54, 1.807) is 12.1 Å². The Hall–Kier alpha value is -3.32. The molecule has 4 aromatic rings. The molecule has 3 heterocycles. The van der Waals surface area contributed by atoms with Crippen molar-refractivity contribution in [2.24, 2.45) is 0 Å². The highest BCUT2D eigenvalue weighted by Gasteiger charge is 2.19. The number of nitrogens with one attached hydrogen (secondary N) is 1. The number of benzene rings is 2. The number of rotatable bonds is 3. The Morgan fingerprint density at radius 2 is 1.83 bits per heavy atom. The zero-order chi connectivity index (χ0) is 20.8. The highest BCUT2D eigenvalue weighted by molar-refractivity contribution is 7.21. The summed E-state index contributed by atoms with van der Waals surface area (Å²) in [4.78, 5) is 25.8. The van der Waals surface area contributed by atoms with Crippen LogP contribution >= 0.6 is 11.3 Å². The molecule has 7 heteroatoms. The van der Waals surface area contributed by atoms with Crippen molar-refractivity contribution in [1.29, 1.82) is 0 Å². The van der Waals surface area contributed by atoms with Crippen molar-refractivity contribution in [3.8, 4) is 11.5 Å². The van der Waals surface area contributed by atoms with Gasteiger partial charge in [-0.15, -0.1) is 11.3 Å². The van der Waals surface area contributed by atoms with Gasteiger partial charge in [0.1, 0.15) is 18.8 Å². The molecule has 0 saturated heterocycles. The van der Waals surface area contributed by atoms with Gasteiger partial charge in [0.15, 0.2) is 11.5 Å². The molecule has 1 atom stereocenters. The lowest BCUT2D eigenvalue weighted by Gasteiger charge is -2.21. The minimum absolute atomic E-state index is 0.237. The third-order valence-electron chi connectivity index (χ3n) is 5.17. The van der Waals surface area contributed by atoms with Gasteiger partial charge in [0, 0.05) is 5.39 Å². The van der Waals surface area contributed by atoms with Crippen LogP contribution in [0.15, 0.2) is 51.7 Å². The van der Waals surface area contributed by atoms with Crippen LogP contribution in [0.1, 0.15) is 33.8 Å². The molecule has 0 spiro atoms. The van der Waals surface area contributed by atoms with Gasteiger partial charge < -0.3 is 19.2 Å². The number of fused-ring (bicyclic) bond motifs is 4. The first kappa shape index (κ1) is 18.7. The van der Waals surface area contributed by atoms with Crippen molar-refractivity contribution in [2.75, 3.05) is 13.2 Å². The Balaban J connectivity index is 1.46. The highest BCUT2D eigenvalue weighted by atomic mass is 32.1. The fraction of sp³-hybridized carbons (Fsp3) is 0.217. The number of hydrogen-bond acceptors (Lipinski definition) is 6. The van der Waals surface area contributed by atoms with Gasteiger partial charge >= 0.3 is 5.63 Å². The Morgan fingerprint density at radius 1 is 1.03 bits per heavy atom. The average Bonchev–Trinajstić information content (AvgIpc) is 3.21. The largest absolute Gasteiger partial charge is 0.486 e. The third kappa shape index (κ3) is 3.21. The van der Waals surface area contributed by atoms with Gasteiger partial charge in [-0.25, -0.2) is 4.79 Å². The Labute approximate surface area is 176 Å². The molecule has 2 aromatic carbocycles. The number of amides is 1. The van der Waals surface area contributed by atoms with E-state index in [0.717, 1.165) is 21.2 Å². The number of carbonyl (C=O) groups is 1. The average molecular weight is 421 g/mol. The Morgan fingerprint density at radius 3 is 2.67 bits per heavy atom. The second-order valence-corrected chi connectivity index (χ2v) is 8.39. The summed E-state index contributed by atoms with van der Waals surface area (Å²) in [5, 5.41) is 4.27. The molecule has 30 heavy (non-hydrogen) atoms. The number of carbonyl (C=O) groups excluding carboxylic acids is 1. The number of hydrogen-bond donors (Lipinski definition) is 1. The normalized spacial score (nSPS) is 14.1. The Kier molecular flexibility index (Phi) is 4.47. The van der Waals surface area contributed by atoms with E-state index in [0.29, 0.717) is 40.6 Å². The molecule has 1 aliphatic heterocycles. The fourth-order valence-electron chi connectivity index (χ4n) is 3.60. The monoisotopic (exact) mass is 421 g/mol. The summed E-state index contributed by atoms with van der Waals surface area (Å²) in [6, 6.07) is 12.7. The van der Waals surface area contributed by atoms with Crippen molar-refractivity contribution in [3.63, 3.8) is 0 Å². The molecule has 0 saturated carbocycles. The van der Waals surface area contributed by atoms with Crippen molar-refractivity contribution >= 4 is 38.3 Å². The molecule has 0 fully saturated rings. The molecule has 1 N–H and O–H groups in total. The van der Waals surface area contributed by atoms with E-state index in [2.05, 4.69) is 5.32 Å². The number of ether oxygens (including phenoxy) is 2. The van der Waals surface area contributed by atoms with Crippen LogP contribution in [0.2, 0.25) is 0 Å². The van der Waals surface area contributed by atoms with Crippen molar-refractivity contribution in [2.45, 2.75) is 19.9 Å². The van der Waals surface area contributed by atoms with Gasteiger partial charge in [-0.05, 0) is 49.7 Å². The predicted molar refractivity (Wildman–Crippen MR) is 116 cm³/mol. The topological polar surface area (TPSA) is 77.8 Å². The zero-order valence-electron chi connectivity index (χ0n) is 16.5. The lowest BCUT2D eigenvalue weighted by Crippen LogP contribution is -2.26. The summed E-state index contributed by atoms with van der Waals surface area (Å²) in [6.07, 6.45) is 0. The minimum atomic E-state index is -0.434. The van der Waals surface area contributed by atoms with Crippen molar-refractivity contribution < 1.29 is 18.7 Å². The van der Waals surface area contributed by atoms with Crippen molar-refractivity contribution in [1.82, 2.24) is 5.32 Å². The quantitative estimate of drug-likeness (QED) is 0.490. The zero-order valence-corrected chi connectivity index (χ0v) is 17.3. The standard InChI is InChI=1S/C23H19NO5S/c1-12-3-5-17-15(9-12)21-16(23(26)29-17)11-20(30-21)22(25)24-13(2)14-4-6-18-19(10-14)28-8-7-27-18/h3-6,9-11,13H,7-8H2,1-2H3,(H,24,25)/t13-/m1/s1. The van der Waals surface area contributed by atoms with Crippen LogP contribution in [-0.2, 0) is 0 Å². The first-order valence-electron chi connectivity index (χ1n) is 9.67. The lowest BCUT2D eigenvalue weighted by atomic mass is 10.1. The molecule has 0 bridgehead atoms. The van der Waals surface area contributed by atoms with Gasteiger partial charge in [0.05, 0.1) is 21.0 Å². The maximum Gasteiger partial charge on any atom is 0.345 e. The van der Waals surface area contributed by atoms with Crippen LogP contribution in [0.25, 0.3) is 21.1 Å². The minimum Gasteiger partial charge on any atom is -0.486 e. The van der Waals surface area contributed by atoms with E-state index in [-0.39, 0.29) is 11.9 Å². The predicted octanol–water partition coefficient (Wildman–Crippen LogP) is 4.58. The maximum absolute atomic E-state index is 12.9. The Bertz CT molecular complexity index is 1350. The molecule has 5 rings (SSSR count). The van der Waals surface area contributed by atoms with E-state index in [1.807, 2.05) is 44.2 Å². The summed E-state index contributed by atoms with van der Waals surface area (Å²) >= 11 is 1.30. The van der Waals surface area contributed by atoms with Gasteiger partial charge in [0.25, 0.3) is 5.91 Å². The summed E-state index contributed by atoms with van der Waals surface area (Å²) in [7, 11) is 0. The van der Waals surface area contributed by atoms with Gasteiger partial charge in [-0.3, -0.25) is 4.79 Å². The van der Waals surface area contributed by atoms with Crippen LogP contribution in [0.3, 0.4) is 0 Å². The highest BCUT2D eigenvalue weighted by Crippen LogP contribution is 2.34. The molecular formula is C23H19NO5S. The molecule has 2 aromatic heterocycles. The molecule has 152 valence electrons. The maximum atomic E-state index is 12.9. The molecular weight excluding hydrogens is 402 g/mol. The molecule has 0 unspecified atom stereocenters. The van der Waals surface area contributed by atoms with Crippen LogP contribution < -0.4 is 20.4 Å². The van der Waals surface area contributed by atoms with E-state index in [4.69, 9.17) is 13.9 Å². The fourth-order valence-corrected chi connectivity index (χ4v) is 4.67. The van der Waals surface area contributed by atoms with Gasteiger partial charge in [-0.1, -0.05) is 17.7 Å². The third-order valence-corrected chi connectivity index (χ3v) is 6.34. The summed E-state index contributed by atoms with van der Waals surface area (Å²) in [5.41, 5.74) is 2.06. The summed E-state index contributed by atoms with van der Waals surface area (Å²) < 4.78 is 17.4. The second-order valence-electron chi connectivity index (χ2n) is 7.34. The van der Waals surface area contributed by atoms with Crippen LogP contribution in [0, 0.1) is 6.92 Å². The first-order chi connectivity index (χ1) is 14.5. The lowest BCUT2D eigenvalue weighted by molar-refractivity contribution is 0.0944. The second kappa shape index (κ2) is 7.18. The molecule has 0 aliphatic carbocycles. The first-order valence-corrected chi connectivity index (χ1v) is 10.5. The SMILES string of the molecule is Cc1ccc2oc(=O)c3cc(C(=O)N[C@H](C)c4ccc5c(c4)OCCO5)sc3c2c1. The van der Waals surface area contributed by atoms with Crippen LogP contribution in [0.5, 0.6) is 11.5 Å². The number of thiophene rings is 1. The van der Waals surface area contributed by atoms with Gasteiger partial charge in [0.2, 0.25) is 0 Å². The van der Waals surface area contributed by atoms with E-state index < -0.39 is 5.63 Å². The molecule has 1 aliphatic rings. The van der Waals surface area contributed by atoms with Crippen molar-refractivity contribution in [3.05, 3.63) is 68.9 Å². The van der Waals surface area contributed by atoms with Gasteiger partial charge in [-0.2, -0.15) is 0 Å². The van der Waals surface area contributed by atoms with Crippen LogP contribution in [-0.4, -0.2) is 19.1 Å². The summed E-state index contributed by atoms with van der Waals surface area (Å²) in [5.74, 6) is 1.15. The van der Waals surface area contributed by atoms with E-state index in [9.17, 15) is 9.59 Å². The molecule has 6 nitrogen and oxygen atoms in total. The van der Waals surface area contributed by atoms with E-state index in [1.165, 1.54) is 11.3 Å².